The van der Waals surface area contributed by atoms with Crippen molar-refractivity contribution in [1.82, 2.24) is 9.80 Å². The lowest BCUT2D eigenvalue weighted by Crippen LogP contribution is -2.48. The number of fused-ring (bicyclic) bond motifs is 2. The van der Waals surface area contributed by atoms with Crippen LogP contribution in [0.3, 0.4) is 0 Å². The Labute approximate surface area is 201 Å². The third-order valence-corrected chi connectivity index (χ3v) is 7.31. The monoisotopic (exact) mass is 463 g/mol. The number of anilines is 1. The van der Waals surface area contributed by atoms with Crippen LogP contribution in [-0.4, -0.2) is 73.6 Å². The Hall–Kier alpha value is -3.06. The molecular weight excluding hydrogens is 430 g/mol. The van der Waals surface area contributed by atoms with Gasteiger partial charge < -0.3 is 14.4 Å². The van der Waals surface area contributed by atoms with E-state index in [1.807, 2.05) is 36.4 Å². The molecule has 1 fully saturated rings. The maximum atomic E-state index is 13.4. The van der Waals surface area contributed by atoms with Gasteiger partial charge in [-0.15, -0.1) is 0 Å². The second-order valence-corrected chi connectivity index (χ2v) is 9.39. The zero-order valence-corrected chi connectivity index (χ0v) is 20.0. The van der Waals surface area contributed by atoms with Crippen LogP contribution in [0.2, 0.25) is 0 Å². The first-order valence-electron chi connectivity index (χ1n) is 12.4. The van der Waals surface area contributed by atoms with Crippen molar-refractivity contribution < 1.29 is 19.1 Å². The summed E-state index contributed by atoms with van der Waals surface area (Å²) in [6, 6.07) is 13.1. The molecule has 7 heteroatoms. The van der Waals surface area contributed by atoms with Crippen molar-refractivity contribution in [1.29, 1.82) is 0 Å². The van der Waals surface area contributed by atoms with E-state index < -0.39 is 6.10 Å². The molecule has 2 aromatic carbocycles. The molecule has 0 radical (unpaired) electrons. The lowest BCUT2D eigenvalue weighted by Gasteiger charge is -2.38. The molecular formula is C27H33N3O4. The molecule has 0 aromatic heterocycles. The van der Waals surface area contributed by atoms with Crippen LogP contribution in [-0.2, 0) is 0 Å². The summed E-state index contributed by atoms with van der Waals surface area (Å²) in [6.45, 7) is 9.77. The highest BCUT2D eigenvalue weighted by Gasteiger charge is 2.40. The van der Waals surface area contributed by atoms with Gasteiger partial charge >= 0.3 is 0 Å². The zero-order chi connectivity index (χ0) is 23.7. The third kappa shape index (κ3) is 4.25. The SMILES string of the molecule is CCC(CC)CN1CCN(c2cccc3c2C(=O)N(C[C@H]2COc4ccccc4O2)C3=O)CC1. The van der Waals surface area contributed by atoms with E-state index in [2.05, 4.69) is 23.6 Å². The molecule has 34 heavy (non-hydrogen) atoms. The van der Waals surface area contributed by atoms with Crippen LogP contribution in [0.25, 0.3) is 0 Å². The maximum absolute atomic E-state index is 13.4. The Balaban J connectivity index is 1.28. The fraction of sp³-hybridized carbons (Fsp3) is 0.481. The Morgan fingerprint density at radius 1 is 0.912 bits per heavy atom. The minimum Gasteiger partial charge on any atom is -0.486 e. The van der Waals surface area contributed by atoms with E-state index in [0.29, 0.717) is 29.2 Å². The number of nitrogens with zero attached hydrogens (tertiary/aromatic N) is 3. The second kappa shape index (κ2) is 9.66. The van der Waals surface area contributed by atoms with Crippen LogP contribution < -0.4 is 14.4 Å². The quantitative estimate of drug-likeness (QED) is 0.584. The van der Waals surface area contributed by atoms with Gasteiger partial charge in [0.15, 0.2) is 17.6 Å². The minimum atomic E-state index is -0.394. The van der Waals surface area contributed by atoms with Crippen LogP contribution in [0.15, 0.2) is 42.5 Å². The second-order valence-electron chi connectivity index (χ2n) is 9.39. The van der Waals surface area contributed by atoms with Crippen LogP contribution in [0.4, 0.5) is 5.69 Å². The summed E-state index contributed by atoms with van der Waals surface area (Å²) < 4.78 is 11.8. The van der Waals surface area contributed by atoms with E-state index in [1.54, 1.807) is 6.07 Å². The molecule has 3 aliphatic rings. The van der Waals surface area contributed by atoms with Gasteiger partial charge in [0.2, 0.25) is 0 Å². The molecule has 1 atom stereocenters. The summed E-state index contributed by atoms with van der Waals surface area (Å²) in [7, 11) is 0. The number of imide groups is 1. The molecule has 1 saturated heterocycles. The van der Waals surface area contributed by atoms with E-state index in [4.69, 9.17) is 9.47 Å². The molecule has 0 spiro atoms. The van der Waals surface area contributed by atoms with Gasteiger partial charge in [0.1, 0.15) is 6.61 Å². The van der Waals surface area contributed by atoms with Crippen molar-refractivity contribution in [2.24, 2.45) is 5.92 Å². The molecule has 2 aromatic rings. The normalized spacial score (nSPS) is 20.3. The summed E-state index contributed by atoms with van der Waals surface area (Å²) in [5.41, 5.74) is 1.88. The molecule has 180 valence electrons. The predicted molar refractivity (Wildman–Crippen MR) is 131 cm³/mol. The molecule has 3 aliphatic heterocycles. The van der Waals surface area contributed by atoms with E-state index in [9.17, 15) is 9.59 Å². The Kier molecular flexibility index (Phi) is 6.46. The molecule has 0 saturated carbocycles. The van der Waals surface area contributed by atoms with Crippen molar-refractivity contribution in [3.8, 4) is 11.5 Å². The fourth-order valence-electron chi connectivity index (χ4n) is 5.19. The van der Waals surface area contributed by atoms with E-state index >= 15 is 0 Å². The highest BCUT2D eigenvalue weighted by molar-refractivity contribution is 6.23. The third-order valence-electron chi connectivity index (χ3n) is 7.31. The molecule has 5 rings (SSSR count). The smallest absolute Gasteiger partial charge is 0.263 e. The summed E-state index contributed by atoms with van der Waals surface area (Å²) in [5, 5.41) is 0. The Morgan fingerprint density at radius 3 is 2.38 bits per heavy atom. The van der Waals surface area contributed by atoms with Crippen LogP contribution in [0, 0.1) is 5.92 Å². The van der Waals surface area contributed by atoms with Crippen molar-refractivity contribution in [2.75, 3.05) is 50.8 Å². The highest BCUT2D eigenvalue weighted by Crippen LogP contribution is 2.35. The maximum Gasteiger partial charge on any atom is 0.263 e. The molecule has 0 aliphatic carbocycles. The fourth-order valence-corrected chi connectivity index (χ4v) is 5.19. The number of benzene rings is 2. The van der Waals surface area contributed by atoms with Gasteiger partial charge in [0.05, 0.1) is 23.4 Å². The van der Waals surface area contributed by atoms with Crippen LogP contribution >= 0.6 is 0 Å². The van der Waals surface area contributed by atoms with Gasteiger partial charge in [-0.3, -0.25) is 19.4 Å². The average molecular weight is 464 g/mol. The topological polar surface area (TPSA) is 62.3 Å². The van der Waals surface area contributed by atoms with Crippen molar-refractivity contribution in [2.45, 2.75) is 32.8 Å². The summed E-state index contributed by atoms with van der Waals surface area (Å²) in [4.78, 5) is 32.7. The lowest BCUT2D eigenvalue weighted by atomic mass is 10.0. The largest absolute Gasteiger partial charge is 0.486 e. The first kappa shape index (κ1) is 22.7. The Bertz CT molecular complexity index is 1060. The van der Waals surface area contributed by atoms with Gasteiger partial charge in [0.25, 0.3) is 11.8 Å². The predicted octanol–water partition coefficient (Wildman–Crippen LogP) is 3.68. The zero-order valence-electron chi connectivity index (χ0n) is 20.0. The van der Waals surface area contributed by atoms with Crippen molar-refractivity contribution in [3.05, 3.63) is 53.6 Å². The van der Waals surface area contributed by atoms with E-state index in [-0.39, 0.29) is 18.4 Å². The number of para-hydroxylation sites is 2. The number of hydrogen-bond acceptors (Lipinski definition) is 6. The average Bonchev–Trinajstić information content (AvgIpc) is 3.12. The molecule has 7 nitrogen and oxygen atoms in total. The van der Waals surface area contributed by atoms with Gasteiger partial charge in [-0.25, -0.2) is 0 Å². The molecule has 0 unspecified atom stereocenters. The van der Waals surface area contributed by atoms with Gasteiger partial charge in [0, 0.05) is 32.7 Å². The van der Waals surface area contributed by atoms with E-state index in [0.717, 1.165) is 44.3 Å². The van der Waals surface area contributed by atoms with Gasteiger partial charge in [-0.1, -0.05) is 44.9 Å². The standard InChI is InChI=1S/C27H33N3O4/c1-3-19(4-2)16-28-12-14-29(15-13-28)22-9-7-8-21-25(22)27(32)30(26(21)31)17-20-18-33-23-10-5-6-11-24(23)34-20/h5-11,19-20H,3-4,12-18H2,1-2H3/t20-/m0/s1. The first-order valence-corrected chi connectivity index (χ1v) is 12.4. The molecule has 0 bridgehead atoms. The highest BCUT2D eigenvalue weighted by atomic mass is 16.6. The summed E-state index contributed by atoms with van der Waals surface area (Å²) in [6.07, 6.45) is 2.02. The van der Waals surface area contributed by atoms with Crippen LogP contribution in [0.5, 0.6) is 11.5 Å². The number of amides is 2. The van der Waals surface area contributed by atoms with E-state index in [1.165, 1.54) is 17.7 Å². The van der Waals surface area contributed by atoms with Crippen LogP contribution in [0.1, 0.15) is 47.4 Å². The number of carbonyl (C=O) groups is 2. The summed E-state index contributed by atoms with van der Waals surface area (Å²) in [5.74, 6) is 1.57. The summed E-state index contributed by atoms with van der Waals surface area (Å²) >= 11 is 0. The molecule has 3 heterocycles. The molecule has 2 amide bonds. The minimum absolute atomic E-state index is 0.170. The van der Waals surface area contributed by atoms with Crippen molar-refractivity contribution in [3.63, 3.8) is 0 Å². The van der Waals surface area contributed by atoms with Gasteiger partial charge in [-0.05, 0) is 30.2 Å². The number of carbonyl (C=O) groups excluding carboxylic acids is 2. The number of hydrogen-bond donors (Lipinski definition) is 0. The number of rotatable bonds is 7. The lowest BCUT2D eigenvalue weighted by molar-refractivity contribution is 0.0430. The number of ether oxygens (including phenoxy) is 2. The first-order chi connectivity index (χ1) is 16.6. The van der Waals surface area contributed by atoms with Crippen molar-refractivity contribution >= 4 is 17.5 Å². The molecule has 0 N–H and O–H groups in total. The Morgan fingerprint density at radius 2 is 1.65 bits per heavy atom. The number of piperazine rings is 1. The van der Waals surface area contributed by atoms with Gasteiger partial charge in [-0.2, -0.15) is 0 Å².